The number of rotatable bonds is 4. The Kier molecular flexibility index (Phi) is 4.27. The second-order valence-corrected chi connectivity index (χ2v) is 5.54. The van der Waals surface area contributed by atoms with Gasteiger partial charge in [-0.15, -0.1) is 5.10 Å². The molecular formula is C16H12F3N5O. The first-order valence-corrected chi connectivity index (χ1v) is 7.36. The normalized spacial score (nSPS) is 13.8. The summed E-state index contributed by atoms with van der Waals surface area (Å²) in [5.41, 5.74) is -0.156. The van der Waals surface area contributed by atoms with Gasteiger partial charge >= 0.3 is 6.18 Å². The maximum Gasteiger partial charge on any atom is 0.435 e. The lowest BCUT2D eigenvalue weighted by molar-refractivity contribution is -0.141. The molecule has 6 nitrogen and oxygen atoms in total. The van der Waals surface area contributed by atoms with E-state index < -0.39 is 17.8 Å². The van der Waals surface area contributed by atoms with Crippen molar-refractivity contribution in [2.75, 3.05) is 10.6 Å². The van der Waals surface area contributed by atoms with E-state index in [1.54, 1.807) is 6.07 Å². The Hall–Kier alpha value is -3.15. The van der Waals surface area contributed by atoms with Crippen molar-refractivity contribution in [1.82, 2.24) is 10.2 Å². The first-order valence-electron chi connectivity index (χ1n) is 7.36. The molecule has 0 saturated heterocycles. The van der Waals surface area contributed by atoms with Crippen molar-refractivity contribution in [3.63, 3.8) is 0 Å². The minimum absolute atomic E-state index is 0.256. The Morgan fingerprint density at radius 1 is 1.24 bits per heavy atom. The highest BCUT2D eigenvalue weighted by Gasteiger charge is 2.33. The number of amides is 1. The van der Waals surface area contributed by atoms with Crippen LogP contribution in [-0.4, -0.2) is 22.1 Å². The van der Waals surface area contributed by atoms with Gasteiger partial charge in [-0.1, -0.05) is 6.07 Å². The second-order valence-electron chi connectivity index (χ2n) is 5.54. The summed E-state index contributed by atoms with van der Waals surface area (Å²) < 4.78 is 38.1. The fourth-order valence-corrected chi connectivity index (χ4v) is 2.10. The summed E-state index contributed by atoms with van der Waals surface area (Å²) in [6, 6.07) is 5.56. The zero-order valence-corrected chi connectivity index (χ0v) is 12.8. The van der Waals surface area contributed by atoms with E-state index in [4.69, 9.17) is 6.57 Å². The number of aromatic nitrogens is 2. The average Bonchev–Trinajstić information content (AvgIpc) is 3.39. The number of nitrogens with zero attached hydrogens (tertiary/aromatic N) is 3. The zero-order chi connectivity index (χ0) is 18.0. The number of benzene rings is 1. The van der Waals surface area contributed by atoms with Gasteiger partial charge in [0.05, 0.1) is 24.0 Å². The molecule has 1 aromatic heterocycles. The van der Waals surface area contributed by atoms with E-state index in [9.17, 15) is 18.0 Å². The molecule has 128 valence electrons. The molecule has 1 heterocycles. The van der Waals surface area contributed by atoms with Crippen molar-refractivity contribution in [3.05, 3.63) is 53.1 Å². The van der Waals surface area contributed by atoms with Gasteiger partial charge in [-0.25, -0.2) is 4.85 Å². The monoisotopic (exact) mass is 347 g/mol. The third-order valence-electron chi connectivity index (χ3n) is 3.52. The minimum Gasteiger partial charge on any atom is -0.382 e. The molecule has 9 heteroatoms. The molecule has 2 N–H and O–H groups in total. The number of hydrogen-bond donors (Lipinski definition) is 2. The summed E-state index contributed by atoms with van der Waals surface area (Å²) in [7, 11) is 0. The average molecular weight is 347 g/mol. The fraction of sp³-hybridized carbons (Fsp3) is 0.250. The highest BCUT2D eigenvalue weighted by molar-refractivity contribution is 6.06. The Morgan fingerprint density at radius 3 is 2.64 bits per heavy atom. The van der Waals surface area contributed by atoms with Crippen LogP contribution in [0.3, 0.4) is 0 Å². The molecule has 0 radical (unpaired) electrons. The number of carbonyl (C=O) groups excluding carboxylic acids is 1. The molecule has 25 heavy (non-hydrogen) atoms. The fourth-order valence-electron chi connectivity index (χ4n) is 2.10. The van der Waals surface area contributed by atoms with Crippen LogP contribution in [0.25, 0.3) is 4.85 Å². The summed E-state index contributed by atoms with van der Waals surface area (Å²) in [5.74, 6) is -0.741. The van der Waals surface area contributed by atoms with Crippen LogP contribution in [0, 0.1) is 6.57 Å². The van der Waals surface area contributed by atoms with Crippen LogP contribution >= 0.6 is 0 Å². The van der Waals surface area contributed by atoms with E-state index in [0.29, 0.717) is 23.1 Å². The molecule has 1 aromatic carbocycles. The lowest BCUT2D eigenvalue weighted by atomic mass is 10.2. The van der Waals surface area contributed by atoms with Gasteiger partial charge < -0.3 is 10.6 Å². The number of hydrogen-bond acceptors (Lipinski definition) is 4. The van der Waals surface area contributed by atoms with Crippen LogP contribution in [0.4, 0.5) is 30.2 Å². The molecule has 3 rings (SSSR count). The molecule has 0 bridgehead atoms. The van der Waals surface area contributed by atoms with Gasteiger partial charge in [0.15, 0.2) is 11.4 Å². The zero-order valence-electron chi connectivity index (χ0n) is 12.8. The van der Waals surface area contributed by atoms with Crippen LogP contribution in [0.2, 0.25) is 0 Å². The van der Waals surface area contributed by atoms with Gasteiger partial charge in [0.2, 0.25) is 0 Å². The van der Waals surface area contributed by atoms with Crippen LogP contribution < -0.4 is 10.6 Å². The van der Waals surface area contributed by atoms with Gasteiger partial charge in [-0.2, -0.15) is 18.3 Å². The number of alkyl halides is 3. The Bertz CT molecular complexity index is 856. The van der Waals surface area contributed by atoms with Crippen molar-refractivity contribution < 1.29 is 18.0 Å². The van der Waals surface area contributed by atoms with Crippen molar-refractivity contribution in [3.8, 4) is 0 Å². The molecular weight excluding hydrogens is 335 g/mol. The van der Waals surface area contributed by atoms with Crippen molar-refractivity contribution in [2.24, 2.45) is 0 Å². The quantitative estimate of drug-likeness (QED) is 0.824. The van der Waals surface area contributed by atoms with Crippen molar-refractivity contribution >= 4 is 23.0 Å². The maximum atomic E-state index is 12.7. The molecule has 1 amide bonds. The molecule has 1 saturated carbocycles. The first kappa shape index (κ1) is 16.7. The number of carbonyl (C=O) groups is 1. The third kappa shape index (κ3) is 4.03. The van der Waals surface area contributed by atoms with E-state index in [2.05, 4.69) is 25.7 Å². The molecule has 1 aliphatic rings. The van der Waals surface area contributed by atoms with Crippen molar-refractivity contribution in [1.29, 1.82) is 0 Å². The van der Waals surface area contributed by atoms with E-state index in [1.165, 1.54) is 12.1 Å². The number of halogens is 3. The van der Waals surface area contributed by atoms with E-state index in [-0.39, 0.29) is 11.6 Å². The van der Waals surface area contributed by atoms with Crippen LogP contribution in [0.5, 0.6) is 0 Å². The van der Waals surface area contributed by atoms with E-state index in [0.717, 1.165) is 19.0 Å². The summed E-state index contributed by atoms with van der Waals surface area (Å²) in [4.78, 5) is 15.6. The first-order chi connectivity index (χ1) is 11.9. The molecule has 0 unspecified atom stereocenters. The Morgan fingerprint density at radius 2 is 2.00 bits per heavy atom. The maximum absolute atomic E-state index is 12.7. The van der Waals surface area contributed by atoms with Crippen molar-refractivity contribution in [2.45, 2.75) is 25.1 Å². The molecule has 0 aliphatic heterocycles. The number of nitrogens with one attached hydrogen (secondary N) is 2. The van der Waals surface area contributed by atoms with Crippen LogP contribution in [0.15, 0.2) is 30.5 Å². The summed E-state index contributed by atoms with van der Waals surface area (Å²) in [6.45, 7) is 7.06. The summed E-state index contributed by atoms with van der Waals surface area (Å²) in [5, 5.41) is 12.0. The van der Waals surface area contributed by atoms with Gasteiger partial charge in [0, 0.05) is 11.7 Å². The topological polar surface area (TPSA) is 71.3 Å². The van der Waals surface area contributed by atoms with Gasteiger partial charge in [0.1, 0.15) is 0 Å². The predicted octanol–water partition coefficient (Wildman–Crippen LogP) is 3.87. The SMILES string of the molecule is [C-]#[N+]c1ccc(NC(=O)c2cnnc(C(F)(F)F)c2)c(NC2CC2)c1. The van der Waals surface area contributed by atoms with Gasteiger partial charge in [0.25, 0.3) is 5.91 Å². The lowest BCUT2D eigenvalue weighted by Gasteiger charge is -2.13. The van der Waals surface area contributed by atoms with Crippen LogP contribution in [-0.2, 0) is 6.18 Å². The minimum atomic E-state index is -4.68. The van der Waals surface area contributed by atoms with Crippen LogP contribution in [0.1, 0.15) is 28.9 Å². The molecule has 0 spiro atoms. The Labute approximate surface area is 140 Å². The standard InChI is InChI=1S/C16H12F3N5O/c1-20-11-4-5-12(13(7-11)22-10-2-3-10)23-15(25)9-6-14(16(17,18)19)24-21-8-9/h4-8,10,22H,2-3H2,(H,23,25). The van der Waals surface area contributed by atoms with Gasteiger partial charge in [-0.05, 0) is 31.0 Å². The van der Waals surface area contributed by atoms with E-state index >= 15 is 0 Å². The number of anilines is 2. The highest BCUT2D eigenvalue weighted by Crippen LogP contribution is 2.33. The predicted molar refractivity (Wildman–Crippen MR) is 84.3 cm³/mol. The third-order valence-corrected chi connectivity index (χ3v) is 3.52. The van der Waals surface area contributed by atoms with Gasteiger partial charge in [-0.3, -0.25) is 4.79 Å². The highest BCUT2D eigenvalue weighted by atomic mass is 19.4. The lowest BCUT2D eigenvalue weighted by Crippen LogP contribution is -2.17. The second kappa shape index (κ2) is 6.39. The Balaban J connectivity index is 1.84. The molecule has 1 fully saturated rings. The molecule has 1 aliphatic carbocycles. The smallest absolute Gasteiger partial charge is 0.382 e. The summed E-state index contributed by atoms with van der Waals surface area (Å²) >= 11 is 0. The largest absolute Gasteiger partial charge is 0.435 e. The van der Waals surface area contributed by atoms with E-state index in [1.807, 2.05) is 0 Å². The molecule has 0 atom stereocenters. The molecule has 2 aromatic rings. The summed E-state index contributed by atoms with van der Waals surface area (Å²) in [6.07, 6.45) is -1.75.